The van der Waals surface area contributed by atoms with Gasteiger partial charge in [-0.1, -0.05) is 12.1 Å². The highest BCUT2D eigenvalue weighted by Crippen LogP contribution is 2.18. The van der Waals surface area contributed by atoms with E-state index >= 15 is 0 Å². The van der Waals surface area contributed by atoms with Gasteiger partial charge in [-0.15, -0.1) is 0 Å². The molecule has 20 heavy (non-hydrogen) atoms. The lowest BCUT2D eigenvalue weighted by Gasteiger charge is -2.08. The van der Waals surface area contributed by atoms with Gasteiger partial charge in [0.2, 0.25) is 0 Å². The van der Waals surface area contributed by atoms with Gasteiger partial charge in [0.05, 0.1) is 5.56 Å². The lowest BCUT2D eigenvalue weighted by Crippen LogP contribution is -2.01. The predicted molar refractivity (Wildman–Crippen MR) is 72.0 cm³/mol. The topological polar surface area (TPSA) is 72.5 Å². The summed E-state index contributed by atoms with van der Waals surface area (Å²) in [4.78, 5) is 10.7. The third-order valence-electron chi connectivity index (χ3n) is 2.77. The summed E-state index contributed by atoms with van der Waals surface area (Å²) in [6.45, 7) is 0.467. The number of ether oxygens (including phenoxy) is 1. The van der Waals surface area contributed by atoms with Crippen molar-refractivity contribution in [1.29, 1.82) is 0 Å². The van der Waals surface area contributed by atoms with Crippen LogP contribution >= 0.6 is 0 Å². The molecular weight excluding hydrogens is 261 g/mol. The zero-order valence-electron chi connectivity index (χ0n) is 10.7. The second-order valence-electron chi connectivity index (χ2n) is 4.29. The van der Waals surface area contributed by atoms with E-state index in [9.17, 15) is 9.18 Å². The number of carbonyl (C=O) groups is 1. The van der Waals surface area contributed by atoms with E-state index in [1.165, 1.54) is 24.3 Å². The molecule has 0 radical (unpaired) electrons. The van der Waals surface area contributed by atoms with Crippen LogP contribution in [0, 0.1) is 5.82 Å². The zero-order chi connectivity index (χ0) is 14.5. The van der Waals surface area contributed by atoms with Crippen LogP contribution in [-0.4, -0.2) is 11.1 Å². The zero-order valence-corrected chi connectivity index (χ0v) is 10.7. The Bertz CT molecular complexity index is 611. The van der Waals surface area contributed by atoms with Crippen molar-refractivity contribution in [2.45, 2.75) is 13.2 Å². The molecule has 0 aliphatic carbocycles. The molecule has 0 unspecified atom stereocenters. The Hall–Kier alpha value is -2.40. The van der Waals surface area contributed by atoms with E-state index in [0.29, 0.717) is 11.3 Å². The minimum atomic E-state index is -0.977. The van der Waals surface area contributed by atoms with E-state index in [1.807, 2.05) is 0 Å². The second kappa shape index (κ2) is 6.16. The molecule has 0 heterocycles. The summed E-state index contributed by atoms with van der Waals surface area (Å²) in [6, 6.07) is 10.6. The van der Waals surface area contributed by atoms with Gasteiger partial charge < -0.3 is 15.6 Å². The Morgan fingerprint density at radius 3 is 2.45 bits per heavy atom. The molecule has 0 saturated carbocycles. The van der Waals surface area contributed by atoms with Gasteiger partial charge in [-0.25, -0.2) is 9.18 Å². The molecule has 104 valence electrons. The monoisotopic (exact) mass is 275 g/mol. The molecule has 0 aliphatic rings. The molecule has 2 aromatic rings. The molecule has 4 nitrogen and oxygen atoms in total. The third kappa shape index (κ3) is 3.55. The van der Waals surface area contributed by atoms with Crippen molar-refractivity contribution >= 4 is 5.97 Å². The SMILES string of the molecule is NCc1cc(F)cc(OCc2ccc(C(=O)O)cc2)c1. The van der Waals surface area contributed by atoms with Crippen molar-refractivity contribution in [2.24, 2.45) is 5.73 Å². The molecule has 0 aromatic heterocycles. The molecule has 0 aliphatic heterocycles. The highest BCUT2D eigenvalue weighted by atomic mass is 19.1. The van der Waals surface area contributed by atoms with Crippen molar-refractivity contribution in [3.05, 3.63) is 65.0 Å². The van der Waals surface area contributed by atoms with Gasteiger partial charge in [-0.3, -0.25) is 0 Å². The maximum Gasteiger partial charge on any atom is 0.335 e. The number of aromatic carboxylic acids is 1. The third-order valence-corrected chi connectivity index (χ3v) is 2.77. The van der Waals surface area contributed by atoms with Crippen LogP contribution in [0.3, 0.4) is 0 Å². The number of nitrogens with two attached hydrogens (primary N) is 1. The Morgan fingerprint density at radius 1 is 1.15 bits per heavy atom. The Morgan fingerprint density at radius 2 is 1.85 bits per heavy atom. The number of rotatable bonds is 5. The average Bonchev–Trinajstić information content (AvgIpc) is 2.45. The van der Waals surface area contributed by atoms with Gasteiger partial charge in [-0.05, 0) is 35.4 Å². The molecule has 0 saturated heterocycles. The Balaban J connectivity index is 2.04. The molecule has 3 N–H and O–H groups in total. The maximum atomic E-state index is 13.3. The molecule has 2 rings (SSSR count). The summed E-state index contributed by atoms with van der Waals surface area (Å²) in [5.41, 5.74) is 7.13. The predicted octanol–water partition coefficient (Wildman–Crippen LogP) is 2.56. The van der Waals surface area contributed by atoms with Crippen molar-refractivity contribution < 1.29 is 19.0 Å². The average molecular weight is 275 g/mol. The van der Waals surface area contributed by atoms with Crippen LogP contribution in [0.1, 0.15) is 21.5 Å². The van der Waals surface area contributed by atoms with Crippen molar-refractivity contribution in [3.63, 3.8) is 0 Å². The molecule has 0 bridgehead atoms. The molecule has 0 amide bonds. The minimum absolute atomic E-state index is 0.213. The van der Waals surface area contributed by atoms with Crippen LogP contribution in [-0.2, 0) is 13.2 Å². The van der Waals surface area contributed by atoms with E-state index in [-0.39, 0.29) is 18.7 Å². The van der Waals surface area contributed by atoms with Gasteiger partial charge in [0.1, 0.15) is 18.2 Å². The standard InChI is InChI=1S/C15H14FNO3/c16-13-5-11(8-17)6-14(7-13)20-9-10-1-3-12(4-2-10)15(18)19/h1-7H,8-9,17H2,(H,18,19). The van der Waals surface area contributed by atoms with E-state index in [1.54, 1.807) is 18.2 Å². The van der Waals surface area contributed by atoms with Crippen LogP contribution < -0.4 is 10.5 Å². The first-order valence-electron chi connectivity index (χ1n) is 6.03. The lowest BCUT2D eigenvalue weighted by molar-refractivity contribution is 0.0697. The van der Waals surface area contributed by atoms with Crippen LogP contribution in [0.15, 0.2) is 42.5 Å². The number of benzene rings is 2. The second-order valence-corrected chi connectivity index (χ2v) is 4.29. The van der Waals surface area contributed by atoms with Gasteiger partial charge in [0.15, 0.2) is 0 Å². The van der Waals surface area contributed by atoms with Crippen molar-refractivity contribution in [3.8, 4) is 5.75 Å². The largest absolute Gasteiger partial charge is 0.489 e. The van der Waals surface area contributed by atoms with Crippen molar-refractivity contribution in [1.82, 2.24) is 0 Å². The summed E-state index contributed by atoms with van der Waals surface area (Å²) >= 11 is 0. The number of hydrogen-bond donors (Lipinski definition) is 2. The van der Waals surface area contributed by atoms with Gasteiger partial charge >= 0.3 is 5.97 Å². The number of hydrogen-bond acceptors (Lipinski definition) is 3. The Kier molecular flexibility index (Phi) is 4.32. The summed E-state index contributed by atoms with van der Waals surface area (Å²) in [5, 5.41) is 8.79. The van der Waals surface area contributed by atoms with Crippen LogP contribution in [0.5, 0.6) is 5.75 Å². The summed E-state index contributed by atoms with van der Waals surface area (Å²) in [6.07, 6.45) is 0. The normalized spacial score (nSPS) is 10.3. The van der Waals surface area contributed by atoms with Crippen molar-refractivity contribution in [2.75, 3.05) is 0 Å². The van der Waals surface area contributed by atoms with Gasteiger partial charge in [0.25, 0.3) is 0 Å². The van der Waals surface area contributed by atoms with Gasteiger partial charge in [0, 0.05) is 12.6 Å². The molecule has 0 atom stereocenters. The fourth-order valence-electron chi connectivity index (χ4n) is 1.73. The summed E-state index contributed by atoms with van der Waals surface area (Å²) < 4.78 is 18.8. The highest BCUT2D eigenvalue weighted by Gasteiger charge is 2.04. The van der Waals surface area contributed by atoms with Gasteiger partial charge in [-0.2, -0.15) is 0 Å². The summed E-state index contributed by atoms with van der Waals surface area (Å²) in [5.74, 6) is -0.980. The first-order valence-corrected chi connectivity index (χ1v) is 6.03. The molecule has 0 spiro atoms. The quantitative estimate of drug-likeness (QED) is 0.879. The van der Waals surface area contributed by atoms with E-state index in [2.05, 4.69) is 0 Å². The van der Waals surface area contributed by atoms with E-state index in [0.717, 1.165) is 5.56 Å². The fourth-order valence-corrected chi connectivity index (χ4v) is 1.73. The molecule has 5 heteroatoms. The molecular formula is C15H14FNO3. The number of carboxylic acids is 1. The number of carboxylic acid groups (broad SMARTS) is 1. The lowest BCUT2D eigenvalue weighted by atomic mass is 10.1. The first kappa shape index (κ1) is 14.0. The molecule has 0 fully saturated rings. The fraction of sp³-hybridized carbons (Fsp3) is 0.133. The number of halogens is 1. The molecule has 2 aromatic carbocycles. The first-order chi connectivity index (χ1) is 9.58. The van der Waals surface area contributed by atoms with Crippen LogP contribution in [0.2, 0.25) is 0 Å². The maximum absolute atomic E-state index is 13.3. The van der Waals surface area contributed by atoms with Crippen LogP contribution in [0.25, 0.3) is 0 Å². The smallest absolute Gasteiger partial charge is 0.335 e. The highest BCUT2D eigenvalue weighted by molar-refractivity contribution is 5.87. The van der Waals surface area contributed by atoms with E-state index in [4.69, 9.17) is 15.6 Å². The van der Waals surface area contributed by atoms with E-state index < -0.39 is 11.8 Å². The minimum Gasteiger partial charge on any atom is -0.489 e. The van der Waals surface area contributed by atoms with Crippen LogP contribution in [0.4, 0.5) is 4.39 Å². The summed E-state index contributed by atoms with van der Waals surface area (Å²) in [7, 11) is 0. The Labute approximate surface area is 115 Å².